The third-order valence-corrected chi connectivity index (χ3v) is 13.7. The molecule has 0 fully saturated rings. The summed E-state index contributed by atoms with van der Waals surface area (Å²) in [5.74, 6) is 3.30. The molecule has 0 saturated heterocycles. The van der Waals surface area contributed by atoms with Gasteiger partial charge in [-0.2, -0.15) is 0 Å². The number of aryl methyl sites for hydroxylation is 6. The smallest absolute Gasteiger partial charge is 0.344 e. The van der Waals surface area contributed by atoms with E-state index in [0.29, 0.717) is 108 Å². The normalized spacial score (nSPS) is 11.0. The van der Waals surface area contributed by atoms with Crippen LogP contribution < -0.4 is 28.4 Å². The molecule has 0 unspecified atom stereocenters. The number of hydrogen-bond donors (Lipinski definition) is 1. The molecule has 16 heteroatoms. The van der Waals surface area contributed by atoms with Crippen molar-refractivity contribution in [3.63, 3.8) is 0 Å². The Bertz CT molecular complexity index is 2900. The first-order valence-corrected chi connectivity index (χ1v) is 34.2. The molecule has 0 atom stereocenters. The van der Waals surface area contributed by atoms with E-state index in [1.807, 2.05) is 99.6 Å². The van der Waals surface area contributed by atoms with Gasteiger partial charge in [0.1, 0.15) is 47.7 Å². The fraction of sp³-hybridized carbons (Fsp3) is 0.537. The van der Waals surface area contributed by atoms with Gasteiger partial charge in [0.2, 0.25) is 0 Å². The Balaban J connectivity index is 0.000000616. The minimum atomic E-state index is -0.962. The van der Waals surface area contributed by atoms with E-state index in [1.54, 1.807) is 33.3 Å². The van der Waals surface area contributed by atoms with Crippen LogP contribution in [0, 0.1) is 52.4 Å². The van der Waals surface area contributed by atoms with Gasteiger partial charge < -0.3 is 66.7 Å². The third-order valence-electron chi connectivity index (χ3n) is 13.7. The van der Waals surface area contributed by atoms with Gasteiger partial charge in [-0.25, -0.2) is 9.59 Å². The van der Waals surface area contributed by atoms with E-state index >= 15 is 0 Å². The second-order valence-electron chi connectivity index (χ2n) is 28.1. The van der Waals surface area contributed by atoms with Crippen molar-refractivity contribution in [2.45, 2.75) is 155 Å². The molecule has 0 aromatic heterocycles. The van der Waals surface area contributed by atoms with Crippen molar-refractivity contribution in [2.75, 3.05) is 127 Å². The van der Waals surface area contributed by atoms with E-state index in [1.165, 1.54) is 27.8 Å². The number of methoxy groups -OCH3 is 2. The van der Waals surface area contributed by atoms with Crippen molar-refractivity contribution in [3.05, 3.63) is 178 Å². The molecule has 1 N–H and O–H groups in total. The molecular formula is C82H124O16. The van der Waals surface area contributed by atoms with Crippen molar-refractivity contribution < 1.29 is 76.3 Å². The second kappa shape index (κ2) is 50.2. The van der Waals surface area contributed by atoms with Crippen molar-refractivity contribution >= 4 is 11.9 Å². The molecule has 0 amide bonds. The van der Waals surface area contributed by atoms with Gasteiger partial charge in [-0.3, -0.25) is 0 Å². The van der Waals surface area contributed by atoms with Gasteiger partial charge in [0.05, 0.1) is 85.9 Å². The van der Waals surface area contributed by atoms with Gasteiger partial charge in [-0.05, 0) is 154 Å². The van der Waals surface area contributed by atoms with Crippen LogP contribution in [0.2, 0.25) is 0 Å². The van der Waals surface area contributed by atoms with E-state index in [-0.39, 0.29) is 30.0 Å². The van der Waals surface area contributed by atoms with Crippen molar-refractivity contribution in [3.8, 4) is 34.5 Å². The predicted molar refractivity (Wildman–Crippen MR) is 397 cm³/mol. The summed E-state index contributed by atoms with van der Waals surface area (Å²) >= 11 is 0. The van der Waals surface area contributed by atoms with Gasteiger partial charge in [0.15, 0.2) is 13.2 Å². The molecule has 548 valence electrons. The van der Waals surface area contributed by atoms with E-state index in [4.69, 9.17) is 66.7 Å². The van der Waals surface area contributed by atoms with E-state index in [2.05, 4.69) is 146 Å². The number of carbonyl (C=O) groups excluding carboxylic acids is 1. The minimum Gasteiger partial charge on any atom is -0.493 e. The quantitative estimate of drug-likeness (QED) is 0.0304. The summed E-state index contributed by atoms with van der Waals surface area (Å²) in [4.78, 5) is 21.1. The van der Waals surface area contributed by atoms with Crippen LogP contribution in [-0.2, 0) is 53.6 Å². The van der Waals surface area contributed by atoms with Crippen LogP contribution in [0.15, 0.2) is 133 Å². The highest BCUT2D eigenvalue weighted by Gasteiger charge is 2.20. The molecule has 98 heavy (non-hydrogen) atoms. The summed E-state index contributed by atoms with van der Waals surface area (Å²) in [5.41, 5.74) is 11.2. The molecule has 0 radical (unpaired) electrons. The van der Waals surface area contributed by atoms with Gasteiger partial charge >= 0.3 is 11.9 Å². The zero-order valence-electron chi connectivity index (χ0n) is 63.7. The number of esters is 1. The molecular weight excluding hydrogens is 1240 g/mol. The van der Waals surface area contributed by atoms with E-state index < -0.39 is 5.97 Å². The first kappa shape index (κ1) is 88.8. The van der Waals surface area contributed by atoms with Crippen molar-refractivity contribution in [2.24, 2.45) is 10.8 Å². The zero-order valence-corrected chi connectivity index (χ0v) is 63.7. The average Bonchev–Trinajstić information content (AvgIpc) is 0.827. The van der Waals surface area contributed by atoms with Gasteiger partial charge in [-0.1, -0.05) is 178 Å². The summed E-state index contributed by atoms with van der Waals surface area (Å²) in [6, 6.07) is 43.9. The number of aliphatic carboxylic acids is 1. The lowest BCUT2D eigenvalue weighted by Crippen LogP contribution is -2.16. The Morgan fingerprint density at radius 3 is 0.959 bits per heavy atom. The minimum absolute atomic E-state index is 0.0309. The molecule has 0 saturated carbocycles. The van der Waals surface area contributed by atoms with Crippen LogP contribution in [0.3, 0.4) is 0 Å². The van der Waals surface area contributed by atoms with Crippen LogP contribution in [0.5, 0.6) is 34.5 Å². The van der Waals surface area contributed by atoms with E-state index in [0.717, 1.165) is 65.7 Å². The molecule has 6 aromatic carbocycles. The molecule has 0 aliphatic carbocycles. The van der Waals surface area contributed by atoms with Crippen LogP contribution in [0.25, 0.3) is 0 Å². The van der Waals surface area contributed by atoms with Crippen LogP contribution in [0.4, 0.5) is 0 Å². The molecule has 0 heterocycles. The van der Waals surface area contributed by atoms with Gasteiger partial charge in [0.25, 0.3) is 0 Å². The molecule has 0 aliphatic rings. The van der Waals surface area contributed by atoms with Crippen LogP contribution in [0.1, 0.15) is 147 Å². The monoisotopic (exact) mass is 1360 g/mol. The number of benzene rings is 6. The SMILES string of the molecule is CCOC(=O)COc1ccc(C)cc1.COCCOCCOCCOc1cc(C)cc(OCCOCCOCCOC)c1.Cc1cc(C(C)(C)C)cc(C(C)(C)C)c1.Cc1cc(OCCC(C)(C)C)cc(OCCC(C)(C)C)c1.Cc1ccc(OCC(=O)O)cc1.Cc1ccccc1. The maximum absolute atomic E-state index is 10.9. The highest BCUT2D eigenvalue weighted by atomic mass is 16.6. The largest absolute Gasteiger partial charge is 0.493 e. The van der Waals surface area contributed by atoms with Gasteiger partial charge in [-0.15, -0.1) is 0 Å². The lowest BCUT2D eigenvalue weighted by molar-refractivity contribution is -0.145. The second-order valence-corrected chi connectivity index (χ2v) is 28.1. The summed E-state index contributed by atoms with van der Waals surface area (Å²) in [5, 5.41) is 8.30. The fourth-order valence-corrected chi connectivity index (χ4v) is 8.02. The number of ether oxygens (including phenoxy) is 13. The Kier molecular flexibility index (Phi) is 45.5. The first-order valence-electron chi connectivity index (χ1n) is 34.2. The maximum atomic E-state index is 10.9. The van der Waals surface area contributed by atoms with Gasteiger partial charge in [0, 0.05) is 26.4 Å². The van der Waals surface area contributed by atoms with Crippen molar-refractivity contribution in [1.82, 2.24) is 0 Å². The first-order chi connectivity index (χ1) is 46.2. The number of rotatable bonds is 33. The molecule has 6 rings (SSSR count). The predicted octanol–water partition coefficient (Wildman–Crippen LogP) is 17.7. The van der Waals surface area contributed by atoms with Crippen LogP contribution >= 0.6 is 0 Å². The molecule has 6 aromatic rings. The average molecular weight is 1370 g/mol. The maximum Gasteiger partial charge on any atom is 0.344 e. The van der Waals surface area contributed by atoms with Crippen molar-refractivity contribution in [1.29, 1.82) is 0 Å². The standard InChI is InChI=1S/C21H36O8.C19H32O2.C15H24.C11H14O3.C9H10O3.C7H8/c1-19-16-20(28-14-12-26-10-8-24-6-4-22-2)18-21(17-19)29-15-13-27-11-9-25-7-5-23-3;1-15-12-16(20-10-8-18(2,3)4)14-17(13-15)21-11-9-19(5,6)7;1-11-8-12(14(2,3)4)10-13(9-11)15(5,6)7;1-3-13-11(12)8-14-10-6-4-9(2)5-7-10;1-7-2-4-8(5-3-7)12-6-9(10)11;1-7-5-3-2-4-6-7/h16-18H,4-15H2,1-3H3;12-14H,8-11H2,1-7H3;8-10H,1-7H3;4-7H,3,8H2,1-2H3;2-5H,6H2,1H3,(H,10,11);2-6H,1H3. The lowest BCUT2D eigenvalue weighted by atomic mass is 9.80. The molecule has 0 aliphatic heterocycles. The molecule has 0 bridgehead atoms. The number of carbonyl (C=O) groups is 2. The van der Waals surface area contributed by atoms with Crippen LogP contribution in [-0.4, -0.2) is 144 Å². The Labute approximate surface area is 590 Å². The summed E-state index contributed by atoms with van der Waals surface area (Å²) in [6.07, 6.45) is 2.09. The number of carboxylic acids is 1. The highest BCUT2D eigenvalue weighted by molar-refractivity contribution is 5.71. The Hall–Kier alpha value is -7.18. The molecule has 0 spiro atoms. The summed E-state index contributed by atoms with van der Waals surface area (Å²) < 4.78 is 69.5. The fourth-order valence-electron chi connectivity index (χ4n) is 8.02. The number of hydrogen-bond acceptors (Lipinski definition) is 15. The zero-order chi connectivity index (χ0) is 73.4. The highest BCUT2D eigenvalue weighted by Crippen LogP contribution is 2.31. The summed E-state index contributed by atoms with van der Waals surface area (Å²) in [6.45, 7) is 49.1. The Morgan fingerprint density at radius 2 is 0.653 bits per heavy atom. The van der Waals surface area contributed by atoms with E-state index in [9.17, 15) is 9.59 Å². The topological polar surface area (TPSA) is 174 Å². The molecule has 16 nitrogen and oxygen atoms in total. The Morgan fingerprint density at radius 1 is 0.337 bits per heavy atom. The lowest BCUT2D eigenvalue weighted by Gasteiger charge is -2.25. The summed E-state index contributed by atoms with van der Waals surface area (Å²) in [7, 11) is 3.30. The number of carboxylic acid groups (broad SMARTS) is 1. The third kappa shape index (κ3) is 49.3.